The Balaban J connectivity index is 1.54. The summed E-state index contributed by atoms with van der Waals surface area (Å²) in [6.45, 7) is 6.72. The number of hydrogen-bond acceptors (Lipinski definition) is 7. The van der Waals surface area contributed by atoms with Crippen LogP contribution in [0.4, 0.5) is 5.69 Å². The molecule has 1 atom stereocenters. The van der Waals surface area contributed by atoms with Crippen molar-refractivity contribution in [3.8, 4) is 11.5 Å². The molecule has 0 bridgehead atoms. The van der Waals surface area contributed by atoms with E-state index in [0.717, 1.165) is 29.9 Å². The van der Waals surface area contributed by atoms with Crippen LogP contribution in [0.15, 0.2) is 70.3 Å². The van der Waals surface area contributed by atoms with Gasteiger partial charge in [0.25, 0.3) is 5.91 Å². The molecule has 8 heteroatoms. The summed E-state index contributed by atoms with van der Waals surface area (Å²) in [5.41, 5.74) is 4.09. The fraction of sp³-hybridized carbons (Fsp3) is 0.357. The van der Waals surface area contributed by atoms with E-state index < -0.39 is 0 Å². The Kier molecular flexibility index (Phi) is 7.95. The van der Waals surface area contributed by atoms with Gasteiger partial charge in [-0.25, -0.2) is 0 Å². The van der Waals surface area contributed by atoms with E-state index in [1.807, 2.05) is 56.6 Å². The van der Waals surface area contributed by atoms with Crippen LogP contribution in [0.2, 0.25) is 0 Å². The van der Waals surface area contributed by atoms with Gasteiger partial charge < -0.3 is 19.6 Å². The summed E-state index contributed by atoms with van der Waals surface area (Å²) in [6.07, 6.45) is 2.10. The summed E-state index contributed by atoms with van der Waals surface area (Å²) >= 11 is 0. The molecule has 1 aromatic heterocycles. The lowest BCUT2D eigenvalue weighted by molar-refractivity contribution is -0.114. The number of rotatable bonds is 9. The summed E-state index contributed by atoms with van der Waals surface area (Å²) in [6, 6.07) is 17.8. The number of hydrogen-bond donors (Lipinski definition) is 1. The van der Waals surface area contributed by atoms with Crippen molar-refractivity contribution in [2.45, 2.75) is 33.4 Å². The van der Waals surface area contributed by atoms with Crippen molar-refractivity contribution < 1.29 is 9.21 Å². The predicted octanol–water partition coefficient (Wildman–Crippen LogP) is 4.60. The first kappa shape index (κ1) is 25.3. The van der Waals surface area contributed by atoms with Crippen molar-refractivity contribution in [3.63, 3.8) is 0 Å². The largest absolute Gasteiger partial charge is 0.419 e. The van der Waals surface area contributed by atoms with Gasteiger partial charge in [-0.2, -0.15) is 0 Å². The molecule has 1 amide bonds. The Bertz CT molecular complexity index is 1240. The second-order valence-electron chi connectivity index (χ2n) is 9.34. The molecule has 1 aliphatic rings. The van der Waals surface area contributed by atoms with Crippen LogP contribution in [0.5, 0.6) is 0 Å². The average molecular weight is 487 g/mol. The average Bonchev–Trinajstić information content (AvgIpc) is 3.30. The Labute approximate surface area is 212 Å². The van der Waals surface area contributed by atoms with Gasteiger partial charge in [0.15, 0.2) is 0 Å². The SMILES string of the molecule is CCC(C)C1=C(C=N)C(=O)N(c2cccc(-c3nnc(CN(C)Cc4ccccc4)o3)c2)CCN1C. The number of aromatic nitrogens is 2. The topological polar surface area (TPSA) is 89.6 Å². The standard InChI is InChI=1S/C28H34N6O2/c1-5-20(2)26-24(17-29)28(35)34(15-14-33(26)4)23-13-9-12-22(16-23)27-31-30-25(36-27)19-32(3)18-21-10-7-6-8-11-21/h6-13,16-17,20,29H,5,14-15,18-19H2,1-4H3. The van der Waals surface area contributed by atoms with Gasteiger partial charge in [-0.1, -0.05) is 50.2 Å². The minimum absolute atomic E-state index is 0.157. The molecule has 0 saturated heterocycles. The molecule has 2 aromatic carbocycles. The summed E-state index contributed by atoms with van der Waals surface area (Å²) in [5.74, 6) is 0.991. The van der Waals surface area contributed by atoms with Gasteiger partial charge in [-0.05, 0) is 43.1 Å². The first-order valence-electron chi connectivity index (χ1n) is 12.3. The maximum atomic E-state index is 13.5. The second kappa shape index (κ2) is 11.3. The van der Waals surface area contributed by atoms with E-state index in [1.54, 1.807) is 4.90 Å². The third-order valence-corrected chi connectivity index (χ3v) is 6.62. The summed E-state index contributed by atoms with van der Waals surface area (Å²) in [7, 11) is 4.01. The van der Waals surface area contributed by atoms with Gasteiger partial charge >= 0.3 is 0 Å². The van der Waals surface area contributed by atoms with Crippen molar-refractivity contribution in [2.24, 2.45) is 5.92 Å². The van der Waals surface area contributed by atoms with Crippen molar-refractivity contribution in [1.82, 2.24) is 20.0 Å². The number of nitrogens with one attached hydrogen (secondary N) is 1. The van der Waals surface area contributed by atoms with Crippen LogP contribution >= 0.6 is 0 Å². The van der Waals surface area contributed by atoms with E-state index in [1.165, 1.54) is 11.8 Å². The van der Waals surface area contributed by atoms with Crippen LogP contribution in [0.1, 0.15) is 31.7 Å². The maximum Gasteiger partial charge on any atom is 0.261 e. The zero-order valence-electron chi connectivity index (χ0n) is 21.4. The van der Waals surface area contributed by atoms with Crippen molar-refractivity contribution in [2.75, 3.05) is 32.1 Å². The van der Waals surface area contributed by atoms with Crippen LogP contribution in [-0.4, -0.2) is 59.3 Å². The van der Waals surface area contributed by atoms with E-state index >= 15 is 0 Å². The molecule has 8 nitrogen and oxygen atoms in total. The molecule has 36 heavy (non-hydrogen) atoms. The van der Waals surface area contributed by atoms with E-state index in [2.05, 4.69) is 46.0 Å². The highest BCUT2D eigenvalue weighted by Crippen LogP contribution is 2.29. The predicted molar refractivity (Wildman–Crippen MR) is 142 cm³/mol. The molecule has 2 heterocycles. The Morgan fingerprint density at radius 2 is 1.89 bits per heavy atom. The van der Waals surface area contributed by atoms with Crippen LogP contribution in [0, 0.1) is 11.3 Å². The van der Waals surface area contributed by atoms with E-state index in [4.69, 9.17) is 9.83 Å². The van der Waals surface area contributed by atoms with Crippen molar-refractivity contribution >= 4 is 17.8 Å². The van der Waals surface area contributed by atoms with Gasteiger partial charge in [0.05, 0.1) is 12.1 Å². The van der Waals surface area contributed by atoms with E-state index in [0.29, 0.717) is 37.0 Å². The normalized spacial score (nSPS) is 15.4. The molecule has 1 aliphatic heterocycles. The summed E-state index contributed by atoms with van der Waals surface area (Å²) in [4.78, 5) is 19.5. The lowest BCUT2D eigenvalue weighted by atomic mass is 9.98. The molecule has 0 aliphatic carbocycles. The van der Waals surface area contributed by atoms with Crippen LogP contribution < -0.4 is 4.90 Å². The highest BCUT2D eigenvalue weighted by molar-refractivity contribution is 6.19. The third-order valence-electron chi connectivity index (χ3n) is 6.62. The first-order valence-corrected chi connectivity index (χ1v) is 12.3. The Morgan fingerprint density at radius 3 is 2.61 bits per heavy atom. The lowest BCUT2D eigenvalue weighted by Crippen LogP contribution is -2.34. The van der Waals surface area contributed by atoms with Gasteiger partial charge in [0.1, 0.15) is 0 Å². The second-order valence-corrected chi connectivity index (χ2v) is 9.34. The summed E-state index contributed by atoms with van der Waals surface area (Å²) in [5, 5.41) is 16.5. The van der Waals surface area contributed by atoms with Crippen LogP contribution in [-0.2, 0) is 17.9 Å². The zero-order chi connectivity index (χ0) is 25.7. The number of carbonyl (C=O) groups is 1. The van der Waals surface area contributed by atoms with Crippen molar-refractivity contribution in [1.29, 1.82) is 5.41 Å². The monoisotopic (exact) mass is 486 g/mol. The molecule has 3 aromatic rings. The number of likely N-dealkylation sites (N-methyl/N-ethyl adjacent to an activating group) is 1. The number of benzene rings is 2. The first-order chi connectivity index (χ1) is 17.4. The number of carbonyl (C=O) groups excluding carboxylic acids is 1. The zero-order valence-corrected chi connectivity index (χ0v) is 21.4. The molecule has 0 saturated carbocycles. The highest BCUT2D eigenvalue weighted by atomic mass is 16.4. The number of nitrogens with zero attached hydrogens (tertiary/aromatic N) is 5. The smallest absolute Gasteiger partial charge is 0.261 e. The Hall–Kier alpha value is -3.78. The van der Waals surface area contributed by atoms with Gasteiger partial charge in [0, 0.05) is 49.8 Å². The third kappa shape index (κ3) is 5.54. The lowest BCUT2D eigenvalue weighted by Gasteiger charge is -2.26. The number of allylic oxidation sites excluding steroid dienone is 1. The maximum absolute atomic E-state index is 13.5. The van der Waals surface area contributed by atoms with Gasteiger partial charge in [0.2, 0.25) is 11.8 Å². The minimum Gasteiger partial charge on any atom is -0.419 e. The molecule has 0 fully saturated rings. The molecule has 4 rings (SSSR count). The molecule has 188 valence electrons. The molecule has 1 N–H and O–H groups in total. The summed E-state index contributed by atoms with van der Waals surface area (Å²) < 4.78 is 5.97. The van der Waals surface area contributed by atoms with Crippen molar-refractivity contribution in [3.05, 3.63) is 77.3 Å². The number of amides is 1. The molecular weight excluding hydrogens is 452 g/mol. The molecular formula is C28H34N6O2. The van der Waals surface area contributed by atoms with E-state index in [9.17, 15) is 4.79 Å². The minimum atomic E-state index is -0.157. The molecule has 1 unspecified atom stereocenters. The highest BCUT2D eigenvalue weighted by Gasteiger charge is 2.29. The Morgan fingerprint density at radius 1 is 1.11 bits per heavy atom. The molecule has 0 radical (unpaired) electrons. The van der Waals surface area contributed by atoms with Crippen LogP contribution in [0.25, 0.3) is 11.5 Å². The molecule has 0 spiro atoms. The van der Waals surface area contributed by atoms with Gasteiger partial charge in [-0.15, -0.1) is 10.2 Å². The fourth-order valence-corrected chi connectivity index (χ4v) is 4.57. The number of anilines is 1. The fourth-order valence-electron chi connectivity index (χ4n) is 4.57. The van der Waals surface area contributed by atoms with Crippen LogP contribution in [0.3, 0.4) is 0 Å². The quantitative estimate of drug-likeness (QED) is 0.445. The van der Waals surface area contributed by atoms with E-state index in [-0.39, 0.29) is 11.8 Å². The van der Waals surface area contributed by atoms with Gasteiger partial charge in [-0.3, -0.25) is 9.69 Å².